The van der Waals surface area contributed by atoms with Crippen molar-refractivity contribution in [2.45, 2.75) is 6.10 Å². The molecule has 2 heterocycles. The highest BCUT2D eigenvalue weighted by atomic mass is 19.1. The number of aromatic nitrogens is 1. The molecule has 0 spiro atoms. The van der Waals surface area contributed by atoms with Gasteiger partial charge < -0.3 is 15.2 Å². The summed E-state index contributed by atoms with van der Waals surface area (Å²) in [6.45, 7) is 1.08. The van der Waals surface area contributed by atoms with Crippen LogP contribution in [0.1, 0.15) is 0 Å². The fourth-order valence-corrected chi connectivity index (χ4v) is 0.981. The van der Waals surface area contributed by atoms with E-state index >= 15 is 0 Å². The van der Waals surface area contributed by atoms with Gasteiger partial charge in [0.25, 0.3) is 0 Å². The van der Waals surface area contributed by atoms with Gasteiger partial charge in [-0.1, -0.05) is 0 Å². The molecule has 0 aromatic carbocycles. The molecule has 0 radical (unpaired) electrons. The predicted molar refractivity (Wildman–Crippen MR) is 43.8 cm³/mol. The maximum atomic E-state index is 12.6. The molecule has 5 heteroatoms. The zero-order chi connectivity index (χ0) is 9.26. The maximum absolute atomic E-state index is 12.6. The topological polar surface area (TPSA) is 57.4 Å². The van der Waals surface area contributed by atoms with E-state index < -0.39 is 5.82 Å². The summed E-state index contributed by atoms with van der Waals surface area (Å²) in [4.78, 5) is 3.72. The van der Waals surface area contributed by atoms with Crippen molar-refractivity contribution in [3.8, 4) is 5.88 Å². The van der Waals surface area contributed by atoms with Crippen LogP contribution < -0.4 is 10.5 Å². The summed E-state index contributed by atoms with van der Waals surface area (Å²) in [6, 6.07) is 1.18. The van der Waals surface area contributed by atoms with E-state index in [4.69, 9.17) is 15.2 Å². The molecule has 0 saturated carbocycles. The zero-order valence-corrected chi connectivity index (χ0v) is 6.87. The predicted octanol–water partition coefficient (Wildman–Crippen LogP) is 0.581. The Morgan fingerprint density at radius 3 is 2.92 bits per heavy atom. The van der Waals surface area contributed by atoms with Crippen LogP contribution in [-0.4, -0.2) is 24.3 Å². The van der Waals surface area contributed by atoms with Gasteiger partial charge in [0.1, 0.15) is 11.9 Å². The van der Waals surface area contributed by atoms with E-state index in [0.29, 0.717) is 13.2 Å². The first-order chi connectivity index (χ1) is 6.25. The molecule has 2 rings (SSSR count). The molecule has 1 fully saturated rings. The molecule has 0 aliphatic carbocycles. The Hall–Kier alpha value is -1.36. The molecule has 2 N–H and O–H groups in total. The normalized spacial score (nSPS) is 16.7. The quantitative estimate of drug-likeness (QED) is 0.730. The van der Waals surface area contributed by atoms with Crippen molar-refractivity contribution in [3.05, 3.63) is 18.1 Å². The molecule has 0 bridgehead atoms. The van der Waals surface area contributed by atoms with Crippen LogP contribution in [0.4, 0.5) is 10.1 Å². The number of nitrogens with two attached hydrogens (primary N) is 1. The van der Waals surface area contributed by atoms with Crippen molar-refractivity contribution in [1.82, 2.24) is 4.98 Å². The van der Waals surface area contributed by atoms with Gasteiger partial charge in [-0.2, -0.15) is 0 Å². The largest absolute Gasteiger partial charge is 0.468 e. The van der Waals surface area contributed by atoms with Crippen molar-refractivity contribution in [3.63, 3.8) is 0 Å². The molecule has 70 valence electrons. The van der Waals surface area contributed by atoms with Crippen LogP contribution in [0, 0.1) is 5.82 Å². The van der Waals surface area contributed by atoms with Crippen LogP contribution in [0.3, 0.4) is 0 Å². The molecule has 1 aromatic rings. The number of hydrogen-bond donors (Lipinski definition) is 1. The fraction of sp³-hybridized carbons (Fsp3) is 0.375. The van der Waals surface area contributed by atoms with Crippen molar-refractivity contribution < 1.29 is 13.9 Å². The highest BCUT2D eigenvalue weighted by Crippen LogP contribution is 2.21. The zero-order valence-electron chi connectivity index (χ0n) is 6.87. The first-order valence-corrected chi connectivity index (χ1v) is 3.91. The Bertz CT molecular complexity index is 315. The van der Waals surface area contributed by atoms with Gasteiger partial charge in [-0.15, -0.1) is 0 Å². The lowest BCUT2D eigenvalue weighted by atomic mass is 10.3. The summed E-state index contributed by atoms with van der Waals surface area (Å²) >= 11 is 0. The molecule has 0 atom stereocenters. The SMILES string of the molecule is Nc1cc(F)cnc1OC1COC1. The summed E-state index contributed by atoms with van der Waals surface area (Å²) < 4.78 is 22.8. The fourth-order valence-electron chi connectivity index (χ4n) is 0.981. The Morgan fingerprint density at radius 2 is 2.38 bits per heavy atom. The highest BCUT2D eigenvalue weighted by Gasteiger charge is 2.21. The van der Waals surface area contributed by atoms with E-state index in [1.165, 1.54) is 6.07 Å². The number of nitrogen functional groups attached to an aromatic ring is 1. The van der Waals surface area contributed by atoms with Crippen molar-refractivity contribution in [2.24, 2.45) is 0 Å². The maximum Gasteiger partial charge on any atom is 0.237 e. The second-order valence-corrected chi connectivity index (χ2v) is 2.83. The van der Waals surface area contributed by atoms with Crippen molar-refractivity contribution in [2.75, 3.05) is 18.9 Å². The molecule has 1 saturated heterocycles. The number of nitrogens with zero attached hydrogens (tertiary/aromatic N) is 1. The summed E-state index contributed by atoms with van der Waals surface area (Å²) in [7, 11) is 0. The van der Waals surface area contributed by atoms with Gasteiger partial charge in [-0.25, -0.2) is 9.37 Å². The lowest BCUT2D eigenvalue weighted by Gasteiger charge is -2.26. The van der Waals surface area contributed by atoms with Gasteiger partial charge >= 0.3 is 0 Å². The Labute approximate surface area is 74.5 Å². The summed E-state index contributed by atoms with van der Waals surface area (Å²) in [5, 5.41) is 0. The molecule has 0 amide bonds. The molecular weight excluding hydrogens is 175 g/mol. The summed E-state index contributed by atoms with van der Waals surface area (Å²) in [6.07, 6.45) is 1.07. The average molecular weight is 184 g/mol. The number of hydrogen-bond acceptors (Lipinski definition) is 4. The van der Waals surface area contributed by atoms with Crippen LogP contribution in [0.15, 0.2) is 12.3 Å². The highest BCUT2D eigenvalue weighted by molar-refractivity contribution is 5.47. The van der Waals surface area contributed by atoms with Crippen molar-refractivity contribution >= 4 is 5.69 Å². The lowest BCUT2D eigenvalue weighted by Crippen LogP contribution is -2.38. The van der Waals surface area contributed by atoms with E-state index in [9.17, 15) is 4.39 Å². The minimum Gasteiger partial charge on any atom is -0.468 e. The average Bonchev–Trinajstić information content (AvgIpc) is 1.99. The van der Waals surface area contributed by atoms with Gasteiger partial charge in [0, 0.05) is 6.07 Å². The monoisotopic (exact) mass is 184 g/mol. The van der Waals surface area contributed by atoms with Crippen LogP contribution in [0.25, 0.3) is 0 Å². The standard InChI is InChI=1S/C8H9FN2O2/c9-5-1-7(10)8(11-2-5)13-6-3-12-4-6/h1-2,6H,3-4,10H2. The van der Waals surface area contributed by atoms with E-state index in [0.717, 1.165) is 6.20 Å². The van der Waals surface area contributed by atoms with E-state index in [1.807, 2.05) is 0 Å². The number of halogens is 1. The van der Waals surface area contributed by atoms with Gasteiger partial charge in [0.05, 0.1) is 25.1 Å². The second kappa shape index (κ2) is 3.18. The van der Waals surface area contributed by atoms with Crippen LogP contribution in [-0.2, 0) is 4.74 Å². The van der Waals surface area contributed by atoms with Gasteiger partial charge in [-0.3, -0.25) is 0 Å². The first kappa shape index (κ1) is 8.25. The minimum atomic E-state index is -0.463. The van der Waals surface area contributed by atoms with E-state index in [-0.39, 0.29) is 17.7 Å². The Kier molecular flexibility index (Phi) is 2.02. The smallest absolute Gasteiger partial charge is 0.237 e. The number of ether oxygens (including phenoxy) is 2. The second-order valence-electron chi connectivity index (χ2n) is 2.83. The van der Waals surface area contributed by atoms with Crippen molar-refractivity contribution in [1.29, 1.82) is 0 Å². The third kappa shape index (κ3) is 1.70. The van der Waals surface area contributed by atoms with Crippen LogP contribution in [0.2, 0.25) is 0 Å². The van der Waals surface area contributed by atoms with Crippen LogP contribution >= 0.6 is 0 Å². The Balaban J connectivity index is 2.10. The van der Waals surface area contributed by atoms with E-state index in [2.05, 4.69) is 4.98 Å². The molecule has 4 nitrogen and oxygen atoms in total. The third-order valence-electron chi connectivity index (χ3n) is 1.73. The molecule has 13 heavy (non-hydrogen) atoms. The summed E-state index contributed by atoms with van der Waals surface area (Å²) in [5.74, 6) is -0.190. The molecule has 1 aliphatic rings. The number of rotatable bonds is 2. The Morgan fingerprint density at radius 1 is 1.62 bits per heavy atom. The molecule has 0 unspecified atom stereocenters. The molecule has 1 aromatic heterocycles. The van der Waals surface area contributed by atoms with Gasteiger partial charge in [0.2, 0.25) is 5.88 Å². The van der Waals surface area contributed by atoms with Crippen LogP contribution in [0.5, 0.6) is 5.88 Å². The first-order valence-electron chi connectivity index (χ1n) is 3.91. The summed E-state index contributed by atoms with van der Waals surface area (Å²) in [5.41, 5.74) is 5.69. The molecular formula is C8H9FN2O2. The third-order valence-corrected chi connectivity index (χ3v) is 1.73. The van der Waals surface area contributed by atoms with Gasteiger partial charge in [-0.05, 0) is 0 Å². The number of anilines is 1. The molecule has 1 aliphatic heterocycles. The minimum absolute atomic E-state index is 0.000242. The lowest BCUT2D eigenvalue weighted by molar-refractivity contribution is -0.0810. The van der Waals surface area contributed by atoms with Gasteiger partial charge in [0.15, 0.2) is 0 Å². The van der Waals surface area contributed by atoms with E-state index in [1.54, 1.807) is 0 Å². The number of pyridine rings is 1.